The van der Waals surface area contributed by atoms with Crippen molar-refractivity contribution in [2.75, 3.05) is 0 Å². The zero-order valence-corrected chi connectivity index (χ0v) is 64.2. The molecule has 0 aromatic rings. The van der Waals surface area contributed by atoms with Crippen molar-refractivity contribution < 1.29 is 76.9 Å². The molecule has 3 fully saturated rings. The summed E-state index contributed by atoms with van der Waals surface area (Å²) in [6, 6.07) is 0. The molecular weight excluding hydrogens is 1150 g/mol. The molecule has 0 heterocycles. The topological polar surface area (TPSA) is 55.4 Å². The molecular formula is C59H130Co3O6Si6. The maximum atomic E-state index is 6.31. The van der Waals surface area contributed by atoms with Crippen LogP contribution in [0.25, 0.3) is 0 Å². The van der Waals surface area contributed by atoms with Gasteiger partial charge in [0.25, 0.3) is 0 Å². The summed E-state index contributed by atoms with van der Waals surface area (Å²) in [7, 11) is -8.55. The fourth-order valence-corrected chi connectivity index (χ4v) is 14.6. The van der Waals surface area contributed by atoms with Gasteiger partial charge in [-0.25, -0.2) is 0 Å². The third kappa shape index (κ3) is 67.3. The molecule has 0 saturated heterocycles. The third-order valence-electron chi connectivity index (χ3n) is 9.28. The first kappa shape index (κ1) is 103. The summed E-state index contributed by atoms with van der Waals surface area (Å²) in [6.07, 6.45) is 22.5. The van der Waals surface area contributed by atoms with Gasteiger partial charge in [-0.05, 0) is 216 Å². The smallest absolute Gasteiger partial charge is 0.412 e. The Bertz CT molecular complexity index is 1300. The van der Waals surface area contributed by atoms with Crippen LogP contribution < -0.4 is 0 Å². The molecule has 0 N–H and O–H groups in total. The summed E-state index contributed by atoms with van der Waals surface area (Å²) in [5, 5.41) is 0. The fraction of sp³-hybridized carbons (Fsp3) is 0.695. The first-order valence-corrected chi connectivity index (χ1v) is 45.5. The molecule has 0 aromatic carbocycles. The van der Waals surface area contributed by atoms with Gasteiger partial charge in [0.1, 0.15) is 0 Å². The van der Waals surface area contributed by atoms with Crippen LogP contribution in [0.4, 0.5) is 0 Å². The third-order valence-corrected chi connectivity index (χ3v) is 15.3. The molecule has 0 bridgehead atoms. The summed E-state index contributed by atoms with van der Waals surface area (Å²) in [4.78, 5) is 0. The molecule has 3 aliphatic rings. The van der Waals surface area contributed by atoms with Gasteiger partial charge in [0.05, 0.1) is 36.6 Å². The molecule has 3 radical (unpaired) electrons. The van der Waals surface area contributed by atoms with Crippen molar-refractivity contribution in [3.05, 3.63) is 117 Å². The minimum absolute atomic E-state index is 0. The zero-order valence-electron chi connectivity index (χ0n) is 55.1. The molecule has 0 amide bonds. The number of hydrogen-bond acceptors (Lipinski definition) is 6. The first-order chi connectivity index (χ1) is 29.1. The van der Waals surface area contributed by atoms with Crippen LogP contribution in [0, 0.1) is 56.4 Å². The standard InChI is InChI=1S/2C12H28O2Si2.C11H26O2Si2.3C6H10.6CH3.3Co/c1-10-8-11(13-15(2,3)4)12(9-10)14-16(5,6)7;1-10-8-9-11(13-15(2,3)4)12(10)14-16(5,6)7;1-14(2,3)12-10-8-7-9-11(10)13-15(4,5)6;3*1-4-5-6(2)3;;;;;;;;;/h2*10-12H,8-9H2,1-7H3;10-11H,7-9H2,1-6H3;3*4-5H,2H2,1,3H3;6*1H3;;;/q;;;;;;6*-1;3*+2/b;;;3*5-4+;;;;;;;;;. The van der Waals surface area contributed by atoms with Gasteiger partial charge in [0.15, 0.2) is 49.9 Å². The first-order valence-electron chi connectivity index (χ1n) is 25.1. The van der Waals surface area contributed by atoms with Crippen molar-refractivity contribution in [3.63, 3.8) is 0 Å². The predicted octanol–water partition coefficient (Wildman–Crippen LogP) is 20.4. The van der Waals surface area contributed by atoms with E-state index in [1.807, 2.05) is 78.0 Å². The maximum absolute atomic E-state index is 6.31. The van der Waals surface area contributed by atoms with Gasteiger partial charge >= 0.3 is 50.3 Å². The molecule has 0 aliphatic heterocycles. The Morgan fingerprint density at radius 3 is 0.797 bits per heavy atom. The van der Waals surface area contributed by atoms with Crippen LogP contribution in [0.5, 0.6) is 0 Å². The van der Waals surface area contributed by atoms with E-state index in [1.54, 1.807) is 0 Å². The molecule has 0 aromatic heterocycles. The summed E-state index contributed by atoms with van der Waals surface area (Å²) in [5.74, 6) is 1.41. The van der Waals surface area contributed by atoms with Crippen LogP contribution >= 0.6 is 0 Å². The Labute approximate surface area is 506 Å². The van der Waals surface area contributed by atoms with Gasteiger partial charge in [0.2, 0.25) is 0 Å². The largest absolute Gasteiger partial charge is 2.00 e. The van der Waals surface area contributed by atoms with Gasteiger partial charge in [-0.15, -0.1) is 0 Å². The van der Waals surface area contributed by atoms with Crippen LogP contribution in [-0.2, 0) is 76.9 Å². The minimum Gasteiger partial charge on any atom is -0.412 e. The van der Waals surface area contributed by atoms with Crippen molar-refractivity contribution in [1.29, 1.82) is 0 Å². The number of allylic oxidation sites excluding steroid dienone is 9. The second-order valence-electron chi connectivity index (χ2n) is 24.6. The van der Waals surface area contributed by atoms with Gasteiger partial charge in [0, 0.05) is 0 Å². The average molecular weight is 1280 g/mol. The number of rotatable bonds is 15. The molecule has 0 spiro atoms. The summed E-state index contributed by atoms with van der Waals surface area (Å²) < 4.78 is 37.5. The monoisotopic (exact) mass is 1280 g/mol. The normalized spacial score (nSPS) is 22.0. The summed E-state index contributed by atoms with van der Waals surface area (Å²) in [6.45, 7) is 68.2. The van der Waals surface area contributed by atoms with Crippen molar-refractivity contribution in [3.8, 4) is 0 Å². The van der Waals surface area contributed by atoms with Crippen molar-refractivity contribution in [2.24, 2.45) is 11.8 Å². The van der Waals surface area contributed by atoms with E-state index in [9.17, 15) is 0 Å². The van der Waals surface area contributed by atoms with Crippen LogP contribution in [0.15, 0.2) is 72.9 Å². The van der Waals surface area contributed by atoms with Crippen LogP contribution in [-0.4, -0.2) is 86.5 Å². The second kappa shape index (κ2) is 49.8. The Hall–Kier alpha value is 1.02. The van der Waals surface area contributed by atoms with Crippen molar-refractivity contribution in [1.82, 2.24) is 0 Å². The van der Waals surface area contributed by atoms with Gasteiger partial charge in [-0.1, -0.05) is 86.8 Å². The van der Waals surface area contributed by atoms with Gasteiger partial charge in [-0.3, -0.25) is 0 Å². The molecule has 15 heteroatoms. The Balaban J connectivity index is -0.0000000636. The van der Waals surface area contributed by atoms with Crippen molar-refractivity contribution >= 4 is 49.9 Å². The Morgan fingerprint density at radius 2 is 0.595 bits per heavy atom. The molecule has 74 heavy (non-hydrogen) atoms. The van der Waals surface area contributed by atoms with Crippen LogP contribution in [0.1, 0.15) is 100 Å². The molecule has 3 aliphatic carbocycles. The number of hydrogen-bond donors (Lipinski definition) is 0. The molecule has 7 unspecified atom stereocenters. The fourth-order valence-electron chi connectivity index (χ4n) is 7.58. The second-order valence-corrected chi connectivity index (χ2v) is 51.4. The predicted molar refractivity (Wildman–Crippen MR) is 347 cm³/mol. The quantitative estimate of drug-likeness (QED) is 0.0925. The summed E-state index contributed by atoms with van der Waals surface area (Å²) >= 11 is 0. The van der Waals surface area contributed by atoms with Crippen LogP contribution in [0.2, 0.25) is 118 Å². The van der Waals surface area contributed by atoms with Crippen LogP contribution in [0.3, 0.4) is 0 Å². The Kier molecular flexibility index (Phi) is 69.7. The van der Waals surface area contributed by atoms with Gasteiger partial charge in [-0.2, -0.15) is 0 Å². The van der Waals surface area contributed by atoms with Gasteiger partial charge < -0.3 is 71.1 Å². The average Bonchev–Trinajstić information content (AvgIpc) is 3.72. The van der Waals surface area contributed by atoms with E-state index in [-0.39, 0.29) is 94.9 Å². The van der Waals surface area contributed by atoms with E-state index in [4.69, 9.17) is 26.6 Å². The minimum atomic E-state index is -1.45. The zero-order chi connectivity index (χ0) is 51.8. The maximum Gasteiger partial charge on any atom is 2.00 e. The molecule has 6 nitrogen and oxygen atoms in total. The molecule has 7 atom stereocenters. The van der Waals surface area contributed by atoms with E-state index < -0.39 is 49.9 Å². The molecule has 453 valence electrons. The van der Waals surface area contributed by atoms with E-state index in [2.05, 4.69) is 151 Å². The Morgan fingerprint density at radius 1 is 0.365 bits per heavy atom. The van der Waals surface area contributed by atoms with E-state index in [0.29, 0.717) is 42.5 Å². The SMILES string of the molecule is C=C(C)/C=C/C.C=C(C)/C=C/C.C=C(C)/C=C/C.CC1CC(O[Si](C)(C)C)C(O[Si](C)(C)C)C1.CC1CCC(O[Si](C)(C)C)C1O[Si](C)(C)C.C[Si](C)(C)OC1CCCC1O[Si](C)(C)C.[CH3-].[CH3-].[CH3-].[CH3-].[CH3-].[CH3-].[Co+2].[Co+2].[Co+2]. The van der Waals surface area contributed by atoms with E-state index >= 15 is 0 Å². The van der Waals surface area contributed by atoms with E-state index in [0.717, 1.165) is 22.6 Å². The van der Waals surface area contributed by atoms with E-state index in [1.165, 1.54) is 44.9 Å². The molecule has 3 rings (SSSR count). The van der Waals surface area contributed by atoms with Crippen molar-refractivity contribution in [2.45, 2.75) is 255 Å². The molecule has 3 saturated carbocycles. The summed E-state index contributed by atoms with van der Waals surface area (Å²) in [5.41, 5.74) is 3.33.